The number of rotatable bonds is 8. The number of anilines is 2. The SMILES string of the molecule is CC(C)n1cc(-c2cnc(N(C(=O)NCC(C)(C)C)C3CCC(Nc4ncc(C(C)(C)C)c(-c5[nH]ncc5Cl)n4)CC3)cn2)cn1. The van der Waals surface area contributed by atoms with Crippen LogP contribution in [0, 0.1) is 5.41 Å². The number of nitrogens with one attached hydrogen (secondary N) is 3. The van der Waals surface area contributed by atoms with E-state index in [0.717, 1.165) is 42.5 Å². The minimum Gasteiger partial charge on any atom is -0.351 e. The van der Waals surface area contributed by atoms with E-state index >= 15 is 0 Å². The maximum atomic E-state index is 13.7. The highest BCUT2D eigenvalue weighted by Gasteiger charge is 2.32. The molecule has 1 aliphatic rings. The van der Waals surface area contributed by atoms with Gasteiger partial charge in [0.15, 0.2) is 5.82 Å². The first-order valence-electron chi connectivity index (χ1n) is 16.0. The van der Waals surface area contributed by atoms with Crippen molar-refractivity contribution in [2.75, 3.05) is 16.8 Å². The van der Waals surface area contributed by atoms with Crippen LogP contribution in [-0.2, 0) is 5.41 Å². The molecule has 0 bridgehead atoms. The third-order valence-corrected chi connectivity index (χ3v) is 8.41. The van der Waals surface area contributed by atoms with E-state index in [4.69, 9.17) is 21.6 Å². The Labute approximate surface area is 276 Å². The van der Waals surface area contributed by atoms with Crippen LogP contribution >= 0.6 is 11.6 Å². The molecule has 0 atom stereocenters. The van der Waals surface area contributed by atoms with E-state index in [1.165, 1.54) is 0 Å². The number of urea groups is 1. The normalized spacial score (nSPS) is 17.3. The van der Waals surface area contributed by atoms with Gasteiger partial charge in [-0.3, -0.25) is 19.7 Å². The van der Waals surface area contributed by atoms with E-state index in [-0.39, 0.29) is 35.0 Å². The van der Waals surface area contributed by atoms with Crippen molar-refractivity contribution in [2.45, 2.75) is 105 Å². The number of carbonyl (C=O) groups excluding carboxylic acids is 1. The number of amides is 2. The molecule has 246 valence electrons. The highest BCUT2D eigenvalue weighted by atomic mass is 35.5. The van der Waals surface area contributed by atoms with E-state index in [1.807, 2.05) is 17.1 Å². The Kier molecular flexibility index (Phi) is 9.67. The van der Waals surface area contributed by atoms with E-state index in [2.05, 4.69) is 91.3 Å². The second-order valence-corrected chi connectivity index (χ2v) is 15.0. The van der Waals surface area contributed by atoms with Crippen molar-refractivity contribution in [1.29, 1.82) is 0 Å². The first kappa shape index (κ1) is 33.3. The summed E-state index contributed by atoms with van der Waals surface area (Å²) in [5.74, 6) is 1.07. The molecule has 1 fully saturated rings. The fourth-order valence-corrected chi connectivity index (χ4v) is 5.70. The van der Waals surface area contributed by atoms with Gasteiger partial charge in [0, 0.05) is 48.2 Å². The van der Waals surface area contributed by atoms with E-state index in [0.29, 0.717) is 34.7 Å². The summed E-state index contributed by atoms with van der Waals surface area (Å²) < 4.78 is 1.89. The third-order valence-electron chi connectivity index (χ3n) is 8.12. The Morgan fingerprint density at radius 2 is 1.76 bits per heavy atom. The Balaban J connectivity index is 1.32. The first-order chi connectivity index (χ1) is 21.7. The number of aromatic amines is 1. The van der Waals surface area contributed by atoms with Gasteiger partial charge in [0.05, 0.1) is 41.2 Å². The molecule has 12 nitrogen and oxygen atoms in total. The number of H-pyrrole nitrogens is 1. The van der Waals surface area contributed by atoms with E-state index in [1.54, 1.807) is 29.7 Å². The lowest BCUT2D eigenvalue weighted by Crippen LogP contribution is -2.50. The zero-order valence-corrected chi connectivity index (χ0v) is 28.9. The van der Waals surface area contributed by atoms with Crippen LogP contribution in [0.15, 0.2) is 37.2 Å². The van der Waals surface area contributed by atoms with Crippen molar-refractivity contribution < 1.29 is 4.79 Å². The van der Waals surface area contributed by atoms with Gasteiger partial charge in [-0.25, -0.2) is 19.7 Å². The molecule has 0 aliphatic heterocycles. The van der Waals surface area contributed by atoms with Gasteiger partial charge in [0.1, 0.15) is 5.69 Å². The summed E-state index contributed by atoms with van der Waals surface area (Å²) in [7, 11) is 0. The number of halogens is 1. The molecule has 46 heavy (non-hydrogen) atoms. The molecule has 3 N–H and O–H groups in total. The number of aromatic nitrogens is 8. The molecule has 2 amide bonds. The Morgan fingerprint density at radius 1 is 1.02 bits per heavy atom. The third kappa shape index (κ3) is 7.83. The lowest BCUT2D eigenvalue weighted by Gasteiger charge is -2.37. The number of carbonyl (C=O) groups is 1. The molecule has 0 radical (unpaired) electrons. The maximum Gasteiger partial charge on any atom is 0.323 e. The first-order valence-corrected chi connectivity index (χ1v) is 16.3. The predicted octanol–water partition coefficient (Wildman–Crippen LogP) is 7.04. The Bertz CT molecular complexity index is 1620. The molecule has 5 rings (SSSR count). The molecule has 0 unspecified atom stereocenters. The molecule has 0 spiro atoms. The second kappa shape index (κ2) is 13.4. The molecule has 0 aromatic carbocycles. The molecule has 0 saturated heterocycles. The van der Waals surface area contributed by atoms with Gasteiger partial charge < -0.3 is 10.6 Å². The van der Waals surface area contributed by atoms with Gasteiger partial charge in [-0.15, -0.1) is 0 Å². The summed E-state index contributed by atoms with van der Waals surface area (Å²) in [5, 5.41) is 18.7. The van der Waals surface area contributed by atoms with Crippen molar-refractivity contribution >= 4 is 29.4 Å². The van der Waals surface area contributed by atoms with Crippen molar-refractivity contribution in [2.24, 2.45) is 5.41 Å². The van der Waals surface area contributed by atoms with Gasteiger partial charge >= 0.3 is 6.03 Å². The number of hydrogen-bond acceptors (Lipinski definition) is 8. The highest BCUT2D eigenvalue weighted by molar-refractivity contribution is 6.32. The topological polar surface area (TPSA) is 142 Å². The predicted molar refractivity (Wildman–Crippen MR) is 182 cm³/mol. The standard InChI is InChI=1S/C33H46ClN11O/c1-20(2)44-18-21(13-40-44)26-16-36-27(17-35-26)45(31(46)38-19-32(3,4)5)23-11-9-22(10-12-23)41-30-37-14-24(33(6,7)8)28(42-30)29-25(34)15-39-43-29/h13-18,20,22-23H,9-12,19H2,1-8H3,(H,38,46)(H,39,43)(H,37,41,42). The van der Waals surface area contributed by atoms with Crippen LogP contribution in [0.1, 0.15) is 92.7 Å². The van der Waals surface area contributed by atoms with Gasteiger partial charge in [-0.1, -0.05) is 53.1 Å². The average Bonchev–Trinajstić information content (AvgIpc) is 3.66. The summed E-state index contributed by atoms with van der Waals surface area (Å²) in [6, 6.07) is 0.194. The van der Waals surface area contributed by atoms with Crippen LogP contribution in [0.5, 0.6) is 0 Å². The van der Waals surface area contributed by atoms with Crippen LogP contribution in [0.2, 0.25) is 5.02 Å². The smallest absolute Gasteiger partial charge is 0.323 e. The van der Waals surface area contributed by atoms with Crippen LogP contribution in [0.25, 0.3) is 22.6 Å². The highest BCUT2D eigenvalue weighted by Crippen LogP contribution is 2.35. The van der Waals surface area contributed by atoms with Crippen LogP contribution < -0.4 is 15.5 Å². The second-order valence-electron chi connectivity index (χ2n) is 14.6. The minimum atomic E-state index is -0.186. The molecular weight excluding hydrogens is 602 g/mol. The van der Waals surface area contributed by atoms with Crippen molar-refractivity contribution in [3.8, 4) is 22.6 Å². The number of hydrogen-bond donors (Lipinski definition) is 3. The molecule has 4 heterocycles. The lowest BCUT2D eigenvalue weighted by molar-refractivity contribution is 0.235. The zero-order valence-electron chi connectivity index (χ0n) is 28.1. The molecule has 4 aromatic rings. The summed E-state index contributed by atoms with van der Waals surface area (Å²) in [6.07, 6.45) is 13.8. The largest absolute Gasteiger partial charge is 0.351 e. The lowest BCUT2D eigenvalue weighted by atomic mass is 9.86. The Hall–Kier alpha value is -4.06. The maximum absolute atomic E-state index is 13.7. The van der Waals surface area contributed by atoms with E-state index in [9.17, 15) is 4.79 Å². The summed E-state index contributed by atoms with van der Waals surface area (Å²) >= 11 is 6.44. The van der Waals surface area contributed by atoms with Gasteiger partial charge in [0.25, 0.3) is 0 Å². The van der Waals surface area contributed by atoms with Gasteiger partial charge in [0.2, 0.25) is 5.95 Å². The van der Waals surface area contributed by atoms with Gasteiger partial charge in [-0.05, 0) is 50.4 Å². The van der Waals surface area contributed by atoms with Crippen LogP contribution in [0.4, 0.5) is 16.6 Å². The van der Waals surface area contributed by atoms with Crippen LogP contribution in [-0.4, -0.2) is 64.6 Å². The Morgan fingerprint density at radius 3 is 2.33 bits per heavy atom. The molecule has 13 heteroatoms. The minimum absolute atomic E-state index is 0.0367. The quantitative estimate of drug-likeness (QED) is 0.185. The zero-order chi connectivity index (χ0) is 33.2. The fraction of sp³-hybridized carbons (Fsp3) is 0.545. The summed E-state index contributed by atoms with van der Waals surface area (Å²) in [6.45, 7) is 17.4. The monoisotopic (exact) mass is 647 g/mol. The molecule has 1 saturated carbocycles. The average molecular weight is 648 g/mol. The van der Waals surface area contributed by atoms with E-state index < -0.39 is 0 Å². The number of nitrogens with zero attached hydrogens (tertiary/aromatic N) is 8. The molecular formula is C33H46ClN11O. The van der Waals surface area contributed by atoms with Gasteiger partial charge in [-0.2, -0.15) is 10.2 Å². The van der Waals surface area contributed by atoms with Crippen molar-refractivity contribution in [3.05, 3.63) is 47.8 Å². The molecule has 4 aromatic heterocycles. The van der Waals surface area contributed by atoms with Crippen molar-refractivity contribution in [3.63, 3.8) is 0 Å². The fourth-order valence-electron chi connectivity index (χ4n) is 5.52. The van der Waals surface area contributed by atoms with Crippen LogP contribution in [0.3, 0.4) is 0 Å². The summed E-state index contributed by atoms with van der Waals surface area (Å²) in [4.78, 5) is 34.4. The summed E-state index contributed by atoms with van der Waals surface area (Å²) in [5.41, 5.74) is 3.75. The van der Waals surface area contributed by atoms with Crippen molar-refractivity contribution in [1.82, 2.24) is 45.2 Å². The molecule has 1 aliphatic carbocycles.